The number of rotatable bonds is 5. The van der Waals surface area contributed by atoms with Crippen LogP contribution in [0.15, 0.2) is 0 Å². The van der Waals surface area contributed by atoms with Gasteiger partial charge in [-0.25, -0.2) is 0 Å². The van der Waals surface area contributed by atoms with Crippen molar-refractivity contribution in [1.82, 2.24) is 4.90 Å². The van der Waals surface area contributed by atoms with Crippen LogP contribution in [-0.4, -0.2) is 50.8 Å². The fourth-order valence-corrected chi connectivity index (χ4v) is 3.15. The second-order valence-electron chi connectivity index (χ2n) is 6.45. The molecule has 0 spiro atoms. The lowest BCUT2D eigenvalue weighted by atomic mass is 9.84. The molecule has 0 aromatic heterocycles. The molecule has 0 aromatic carbocycles. The largest absolute Gasteiger partial charge is 0.420 e. The lowest BCUT2D eigenvalue weighted by Crippen LogP contribution is -2.43. The predicted molar refractivity (Wildman–Crippen MR) is 75.0 cm³/mol. The molecule has 18 heavy (non-hydrogen) atoms. The fraction of sp³-hybridized carbons (Fsp3) is 0.923. The smallest absolute Gasteiger partial charge is 0.228 e. The van der Waals surface area contributed by atoms with Crippen LogP contribution in [0.5, 0.6) is 0 Å². The lowest BCUT2D eigenvalue weighted by Gasteiger charge is -2.34. The summed E-state index contributed by atoms with van der Waals surface area (Å²) in [4.78, 5) is 14.2. The van der Waals surface area contributed by atoms with E-state index in [1.165, 1.54) is 0 Å². The summed E-state index contributed by atoms with van der Waals surface area (Å²) in [6.45, 7) is 11.7. The zero-order valence-electron chi connectivity index (χ0n) is 12.3. The fourth-order valence-electron chi connectivity index (χ4n) is 2.53. The topological polar surface area (TPSA) is 49.8 Å². The van der Waals surface area contributed by atoms with Crippen LogP contribution in [0.25, 0.3) is 0 Å². The number of β-amino-alcohol motifs (C(OH)–C–C–N with tert-alkyl or cyclic N) is 1. The summed E-state index contributed by atoms with van der Waals surface area (Å²) < 4.78 is 5.71. The quantitative estimate of drug-likeness (QED) is 0.767. The summed E-state index contributed by atoms with van der Waals surface area (Å²) in [6.07, 6.45) is 0.851. The number of hydrogen-bond donors (Lipinski definition) is 1. The van der Waals surface area contributed by atoms with Gasteiger partial charge in [-0.2, -0.15) is 0 Å². The molecule has 0 radical (unpaired) electrons. The van der Waals surface area contributed by atoms with E-state index < -0.39 is 9.04 Å². The number of aliphatic hydroxyl groups is 1. The molecular weight excluding hydrogens is 246 g/mol. The molecule has 0 aliphatic carbocycles. The Morgan fingerprint density at radius 3 is 2.50 bits per heavy atom. The number of likely N-dealkylation sites (tertiary alicyclic amines) is 1. The first kappa shape index (κ1) is 15.7. The number of aliphatic hydroxyl groups excluding tert-OH is 1. The van der Waals surface area contributed by atoms with Crippen LogP contribution in [0.3, 0.4) is 0 Å². The molecule has 5 heteroatoms. The first-order valence-electron chi connectivity index (χ1n) is 6.80. The molecule has 1 saturated heterocycles. The van der Waals surface area contributed by atoms with Gasteiger partial charge in [0, 0.05) is 19.2 Å². The molecule has 1 N–H and O–H groups in total. The average Bonchev–Trinajstić information content (AvgIpc) is 2.54. The van der Waals surface area contributed by atoms with Crippen LogP contribution >= 0.6 is 0 Å². The van der Waals surface area contributed by atoms with E-state index in [1.54, 1.807) is 0 Å². The number of amides is 1. The normalized spacial score (nSPS) is 25.3. The zero-order valence-corrected chi connectivity index (χ0v) is 13.4. The van der Waals surface area contributed by atoms with E-state index in [2.05, 4.69) is 33.9 Å². The molecule has 1 rings (SSSR count). The van der Waals surface area contributed by atoms with Gasteiger partial charge in [0.25, 0.3) is 0 Å². The van der Waals surface area contributed by atoms with Gasteiger partial charge in [0.15, 0.2) is 9.04 Å². The molecule has 2 atom stereocenters. The van der Waals surface area contributed by atoms with Crippen molar-refractivity contribution in [3.8, 4) is 0 Å². The summed E-state index contributed by atoms with van der Waals surface area (Å²) >= 11 is 0. The SMILES string of the molecule is C[SiH](C)OCC1C[C@H](C(C)(C)C)N(CCO)C1=O. The van der Waals surface area contributed by atoms with Crippen LogP contribution in [0, 0.1) is 11.3 Å². The zero-order chi connectivity index (χ0) is 13.9. The summed E-state index contributed by atoms with van der Waals surface area (Å²) in [7, 11) is -1.07. The Morgan fingerprint density at radius 1 is 1.44 bits per heavy atom. The molecular formula is C13H27NO3Si. The average molecular weight is 273 g/mol. The Balaban J connectivity index is 2.73. The van der Waals surface area contributed by atoms with E-state index in [4.69, 9.17) is 9.53 Å². The van der Waals surface area contributed by atoms with Crippen LogP contribution in [0.2, 0.25) is 13.1 Å². The van der Waals surface area contributed by atoms with Gasteiger partial charge in [-0.05, 0) is 24.9 Å². The highest BCUT2D eigenvalue weighted by molar-refractivity contribution is 6.48. The molecule has 0 saturated carbocycles. The molecule has 4 nitrogen and oxygen atoms in total. The number of hydrogen-bond acceptors (Lipinski definition) is 3. The molecule has 1 aliphatic rings. The van der Waals surface area contributed by atoms with Crippen LogP contribution in [0.4, 0.5) is 0 Å². The van der Waals surface area contributed by atoms with E-state index in [0.29, 0.717) is 13.2 Å². The molecule has 1 amide bonds. The maximum atomic E-state index is 12.3. The van der Waals surface area contributed by atoms with Crippen LogP contribution in [-0.2, 0) is 9.22 Å². The van der Waals surface area contributed by atoms with Gasteiger partial charge < -0.3 is 14.4 Å². The summed E-state index contributed by atoms with van der Waals surface area (Å²) in [5.41, 5.74) is 0.0504. The first-order chi connectivity index (χ1) is 8.27. The lowest BCUT2D eigenvalue weighted by molar-refractivity contribution is -0.134. The maximum absolute atomic E-state index is 12.3. The van der Waals surface area contributed by atoms with Crippen molar-refractivity contribution in [3.63, 3.8) is 0 Å². The highest BCUT2D eigenvalue weighted by atomic mass is 28.3. The van der Waals surface area contributed by atoms with E-state index in [9.17, 15) is 4.79 Å². The van der Waals surface area contributed by atoms with Gasteiger partial charge in [-0.1, -0.05) is 20.8 Å². The number of carbonyl (C=O) groups excluding carboxylic acids is 1. The van der Waals surface area contributed by atoms with Crippen molar-refractivity contribution < 1.29 is 14.3 Å². The van der Waals surface area contributed by atoms with Gasteiger partial charge in [0.2, 0.25) is 5.91 Å². The van der Waals surface area contributed by atoms with Crippen molar-refractivity contribution in [2.24, 2.45) is 11.3 Å². The highest BCUT2D eigenvalue weighted by Crippen LogP contribution is 2.36. The third kappa shape index (κ3) is 3.80. The summed E-state index contributed by atoms with van der Waals surface area (Å²) in [5, 5.41) is 9.11. The first-order valence-corrected chi connectivity index (χ1v) is 9.58. The van der Waals surface area contributed by atoms with Gasteiger partial charge in [0.05, 0.1) is 12.5 Å². The minimum atomic E-state index is -1.07. The molecule has 0 aromatic rings. The van der Waals surface area contributed by atoms with Gasteiger partial charge in [-0.15, -0.1) is 0 Å². The Hall–Kier alpha value is -0.393. The van der Waals surface area contributed by atoms with E-state index in [1.807, 2.05) is 4.90 Å². The van der Waals surface area contributed by atoms with Crippen molar-refractivity contribution >= 4 is 14.9 Å². The second kappa shape index (κ2) is 6.17. The Morgan fingerprint density at radius 2 is 2.06 bits per heavy atom. The molecule has 1 fully saturated rings. The highest BCUT2D eigenvalue weighted by Gasteiger charge is 2.44. The number of nitrogens with zero attached hydrogens (tertiary/aromatic N) is 1. The number of carbonyl (C=O) groups is 1. The van der Waals surface area contributed by atoms with Crippen LogP contribution in [0.1, 0.15) is 27.2 Å². The Kier molecular flexibility index (Phi) is 5.37. The van der Waals surface area contributed by atoms with Crippen molar-refractivity contribution in [2.45, 2.75) is 46.3 Å². The predicted octanol–water partition coefficient (Wildman–Crippen LogP) is 1.24. The molecule has 106 valence electrons. The second-order valence-corrected chi connectivity index (χ2v) is 8.88. The van der Waals surface area contributed by atoms with Gasteiger partial charge >= 0.3 is 0 Å². The monoisotopic (exact) mass is 273 g/mol. The standard InChI is InChI=1S/C13H27NO3Si/c1-13(2,3)11-8-10(9-17-18(4)5)12(16)14(11)6-7-15/h10-11,15,18H,6-9H2,1-5H3/t10?,11-/m1/s1. The third-order valence-corrected chi connectivity index (χ3v) is 4.35. The van der Waals surface area contributed by atoms with E-state index in [0.717, 1.165) is 6.42 Å². The maximum Gasteiger partial charge on any atom is 0.228 e. The molecule has 0 bridgehead atoms. The van der Waals surface area contributed by atoms with Crippen molar-refractivity contribution in [2.75, 3.05) is 19.8 Å². The van der Waals surface area contributed by atoms with Crippen molar-refractivity contribution in [1.29, 1.82) is 0 Å². The Bertz CT molecular complexity index is 288. The van der Waals surface area contributed by atoms with Gasteiger partial charge in [-0.3, -0.25) is 4.79 Å². The van der Waals surface area contributed by atoms with E-state index >= 15 is 0 Å². The van der Waals surface area contributed by atoms with Gasteiger partial charge in [0.1, 0.15) is 0 Å². The minimum absolute atomic E-state index is 0.0179. The van der Waals surface area contributed by atoms with Crippen molar-refractivity contribution in [3.05, 3.63) is 0 Å². The van der Waals surface area contributed by atoms with Crippen LogP contribution < -0.4 is 0 Å². The molecule has 1 heterocycles. The summed E-state index contributed by atoms with van der Waals surface area (Å²) in [5.74, 6) is 0.134. The molecule has 1 aliphatic heterocycles. The molecule has 1 unspecified atom stereocenters. The third-order valence-electron chi connectivity index (χ3n) is 3.49. The minimum Gasteiger partial charge on any atom is -0.420 e. The van der Waals surface area contributed by atoms with E-state index in [-0.39, 0.29) is 29.9 Å². The Labute approximate surface area is 112 Å². The summed E-state index contributed by atoms with van der Waals surface area (Å²) in [6, 6.07) is 0.208.